The number of hydrogen-bond acceptors (Lipinski definition) is 5. The number of anilines is 1. The zero-order valence-corrected chi connectivity index (χ0v) is 21.0. The Morgan fingerprint density at radius 2 is 1.78 bits per heavy atom. The summed E-state index contributed by atoms with van der Waals surface area (Å²) in [6, 6.07) is 16.6. The van der Waals surface area contributed by atoms with Crippen molar-refractivity contribution in [1.82, 2.24) is 14.7 Å². The van der Waals surface area contributed by atoms with Crippen molar-refractivity contribution in [3.63, 3.8) is 0 Å². The van der Waals surface area contributed by atoms with Gasteiger partial charge in [0.15, 0.2) is 5.82 Å². The van der Waals surface area contributed by atoms with E-state index in [0.29, 0.717) is 23.9 Å². The molecule has 3 heterocycles. The first-order valence-corrected chi connectivity index (χ1v) is 13.1. The van der Waals surface area contributed by atoms with Crippen molar-refractivity contribution in [2.45, 2.75) is 67.1 Å². The molecule has 3 aliphatic rings. The number of amides is 1. The molecule has 0 bridgehead atoms. The molecule has 3 aromatic rings. The van der Waals surface area contributed by atoms with Crippen LogP contribution in [0, 0.1) is 0 Å². The van der Waals surface area contributed by atoms with Crippen LogP contribution in [0.1, 0.15) is 54.1 Å². The van der Waals surface area contributed by atoms with Crippen molar-refractivity contribution >= 4 is 29.4 Å². The summed E-state index contributed by atoms with van der Waals surface area (Å²) in [6.07, 6.45) is 4.31. The summed E-state index contributed by atoms with van der Waals surface area (Å²) in [5.74, 6) is -1.68. The quantitative estimate of drug-likeness (QED) is 0.440. The van der Waals surface area contributed by atoms with Gasteiger partial charge in [0.2, 0.25) is 5.96 Å². The fourth-order valence-electron chi connectivity index (χ4n) is 5.34. The van der Waals surface area contributed by atoms with Crippen molar-refractivity contribution in [1.29, 1.82) is 0 Å². The standard InChI is InChI=1S/C27H27F2N5OS/c1-27(28,29)18-14-12-17(13-15-18)16-33-25(36-19-8-4-3-5-9-19)22-23(31-33)34-21-11-7-6-10-20(21)30-26(34)32(2)24(22)35/h3-5,8-9,12-15,20-21H,6-7,10-11,16H2,1-2H3. The molecule has 2 aliphatic heterocycles. The largest absolute Gasteiger partial charge is 0.289 e. The van der Waals surface area contributed by atoms with Gasteiger partial charge in [-0.05, 0) is 30.5 Å². The minimum atomic E-state index is -2.89. The molecule has 1 saturated carbocycles. The SMILES string of the molecule is CN1C(=O)c2c(nn(Cc3ccc(C(C)(F)F)cc3)c2Sc2ccccc2)N2C1=NC1CCCCC12. The Kier molecular flexibility index (Phi) is 5.63. The number of carbonyl (C=O) groups excluding carboxylic acids is 1. The lowest BCUT2D eigenvalue weighted by molar-refractivity contribution is 0.0174. The molecule has 6 rings (SSSR count). The molecule has 1 amide bonds. The highest BCUT2D eigenvalue weighted by atomic mass is 32.2. The summed E-state index contributed by atoms with van der Waals surface area (Å²) in [5.41, 5.74) is 1.39. The monoisotopic (exact) mass is 507 g/mol. The molecule has 186 valence electrons. The first-order valence-electron chi connectivity index (χ1n) is 12.3. The second-order valence-corrected chi connectivity index (χ2v) is 10.8. The van der Waals surface area contributed by atoms with Gasteiger partial charge in [0, 0.05) is 24.4 Å². The minimum absolute atomic E-state index is 0.0250. The average Bonchev–Trinajstić information content (AvgIpc) is 3.42. The summed E-state index contributed by atoms with van der Waals surface area (Å²) < 4.78 is 29.3. The third-order valence-electron chi connectivity index (χ3n) is 7.21. The highest BCUT2D eigenvalue weighted by Crippen LogP contribution is 2.44. The fraction of sp³-hybridized carbons (Fsp3) is 0.370. The Morgan fingerprint density at radius 3 is 2.50 bits per heavy atom. The van der Waals surface area contributed by atoms with Crippen LogP contribution >= 0.6 is 11.8 Å². The van der Waals surface area contributed by atoms with Gasteiger partial charge in [-0.3, -0.25) is 19.3 Å². The first kappa shape index (κ1) is 23.2. The van der Waals surface area contributed by atoms with Crippen LogP contribution in [0.4, 0.5) is 14.6 Å². The number of benzene rings is 2. The third-order valence-corrected chi connectivity index (χ3v) is 8.32. The molecule has 1 aliphatic carbocycles. The lowest BCUT2D eigenvalue weighted by Crippen LogP contribution is -2.52. The highest BCUT2D eigenvalue weighted by molar-refractivity contribution is 7.99. The maximum absolute atomic E-state index is 13.7. The smallest absolute Gasteiger partial charge is 0.270 e. The number of guanidine groups is 1. The van der Waals surface area contributed by atoms with Gasteiger partial charge in [0.05, 0.1) is 18.6 Å². The number of carbonyl (C=O) groups is 1. The second kappa shape index (κ2) is 8.73. The van der Waals surface area contributed by atoms with Crippen LogP contribution in [0.5, 0.6) is 0 Å². The summed E-state index contributed by atoms with van der Waals surface area (Å²) in [7, 11) is 1.78. The molecule has 0 radical (unpaired) electrons. The molecular weight excluding hydrogens is 480 g/mol. The van der Waals surface area contributed by atoms with E-state index in [2.05, 4.69) is 4.90 Å². The molecule has 0 saturated heterocycles. The van der Waals surface area contributed by atoms with E-state index in [1.165, 1.54) is 23.9 Å². The molecular formula is C27H27F2N5OS. The zero-order valence-electron chi connectivity index (χ0n) is 20.2. The van der Waals surface area contributed by atoms with Crippen LogP contribution in [0.2, 0.25) is 0 Å². The van der Waals surface area contributed by atoms with Crippen LogP contribution in [0.3, 0.4) is 0 Å². The minimum Gasteiger partial charge on any atom is -0.289 e. The number of nitrogens with zero attached hydrogens (tertiary/aromatic N) is 5. The number of hydrogen-bond donors (Lipinski definition) is 0. The Bertz CT molecular complexity index is 1330. The van der Waals surface area contributed by atoms with E-state index in [9.17, 15) is 13.6 Å². The predicted molar refractivity (Wildman–Crippen MR) is 136 cm³/mol. The van der Waals surface area contributed by atoms with E-state index in [1.54, 1.807) is 24.1 Å². The average molecular weight is 508 g/mol. The summed E-state index contributed by atoms with van der Waals surface area (Å²) in [5, 5.41) is 5.72. The summed E-state index contributed by atoms with van der Waals surface area (Å²) in [4.78, 5) is 23.4. The fourth-order valence-corrected chi connectivity index (χ4v) is 6.35. The van der Waals surface area contributed by atoms with E-state index in [1.807, 2.05) is 35.0 Å². The number of fused-ring (bicyclic) bond motifs is 5. The van der Waals surface area contributed by atoms with Crippen molar-refractivity contribution < 1.29 is 13.6 Å². The molecule has 0 N–H and O–H groups in total. The van der Waals surface area contributed by atoms with Gasteiger partial charge in [-0.1, -0.05) is 67.1 Å². The molecule has 1 aromatic heterocycles. The maximum Gasteiger partial charge on any atom is 0.270 e. The predicted octanol–water partition coefficient (Wildman–Crippen LogP) is 5.77. The number of rotatable bonds is 5. The van der Waals surface area contributed by atoms with Crippen LogP contribution in [-0.2, 0) is 12.5 Å². The Morgan fingerprint density at radius 1 is 1.06 bits per heavy atom. The topological polar surface area (TPSA) is 53.7 Å². The lowest BCUT2D eigenvalue weighted by Gasteiger charge is -2.36. The molecule has 2 atom stereocenters. The summed E-state index contributed by atoms with van der Waals surface area (Å²) >= 11 is 1.50. The van der Waals surface area contributed by atoms with Gasteiger partial charge in [0.25, 0.3) is 11.8 Å². The number of aromatic nitrogens is 2. The van der Waals surface area contributed by atoms with E-state index in [4.69, 9.17) is 10.1 Å². The molecule has 9 heteroatoms. The molecule has 2 aromatic carbocycles. The van der Waals surface area contributed by atoms with Crippen molar-refractivity contribution in [3.8, 4) is 0 Å². The van der Waals surface area contributed by atoms with E-state index in [0.717, 1.165) is 48.1 Å². The van der Waals surface area contributed by atoms with Crippen LogP contribution in [0.15, 0.2) is 69.5 Å². The number of alkyl halides is 2. The molecule has 2 unspecified atom stereocenters. The number of aliphatic imine (C=N–C) groups is 1. The van der Waals surface area contributed by atoms with Crippen LogP contribution < -0.4 is 4.90 Å². The molecule has 1 fully saturated rings. The van der Waals surface area contributed by atoms with Gasteiger partial charge >= 0.3 is 0 Å². The van der Waals surface area contributed by atoms with Gasteiger partial charge < -0.3 is 0 Å². The zero-order chi connectivity index (χ0) is 25.0. The Balaban J connectivity index is 1.45. The molecule has 6 nitrogen and oxygen atoms in total. The highest BCUT2D eigenvalue weighted by Gasteiger charge is 2.48. The van der Waals surface area contributed by atoms with E-state index >= 15 is 0 Å². The van der Waals surface area contributed by atoms with Gasteiger partial charge in [-0.15, -0.1) is 0 Å². The Hall–Kier alpha value is -3.20. The second-order valence-electron chi connectivity index (χ2n) is 9.74. The van der Waals surface area contributed by atoms with Gasteiger partial charge in [-0.2, -0.15) is 5.10 Å². The van der Waals surface area contributed by atoms with Gasteiger partial charge in [0.1, 0.15) is 10.6 Å². The van der Waals surface area contributed by atoms with Crippen LogP contribution in [-0.4, -0.2) is 45.7 Å². The number of halogens is 2. The summed E-state index contributed by atoms with van der Waals surface area (Å²) in [6.45, 7) is 1.26. The van der Waals surface area contributed by atoms with E-state index in [-0.39, 0.29) is 23.6 Å². The van der Waals surface area contributed by atoms with Crippen molar-refractivity contribution in [3.05, 3.63) is 71.3 Å². The maximum atomic E-state index is 13.7. The van der Waals surface area contributed by atoms with Crippen LogP contribution in [0.25, 0.3) is 0 Å². The Labute approximate surface area is 213 Å². The van der Waals surface area contributed by atoms with Crippen molar-refractivity contribution in [2.75, 3.05) is 11.9 Å². The lowest BCUT2D eigenvalue weighted by atomic mass is 9.90. The van der Waals surface area contributed by atoms with Gasteiger partial charge in [-0.25, -0.2) is 13.8 Å². The normalized spacial score (nSPS) is 21.2. The van der Waals surface area contributed by atoms with Crippen molar-refractivity contribution in [2.24, 2.45) is 4.99 Å². The molecule has 36 heavy (non-hydrogen) atoms. The molecule has 0 spiro atoms. The third kappa shape index (κ3) is 3.89. The van der Waals surface area contributed by atoms with E-state index < -0.39 is 5.92 Å². The first-order chi connectivity index (χ1) is 17.3.